The Morgan fingerprint density at radius 1 is 1.00 bits per heavy atom. The lowest BCUT2D eigenvalue weighted by molar-refractivity contribution is 0.415. The Morgan fingerprint density at radius 3 is 2.48 bits per heavy atom. The van der Waals surface area contributed by atoms with Crippen molar-refractivity contribution < 1.29 is 6.11 Å². The highest BCUT2D eigenvalue weighted by atomic mass is 16.5. The van der Waals surface area contributed by atoms with Crippen molar-refractivity contribution in [2.75, 3.05) is 25.1 Å². The Balaban J connectivity index is 1.82. The molecular weight excluding hydrogens is 356 g/mol. The summed E-state index contributed by atoms with van der Waals surface area (Å²) in [5, 5.41) is 10.2. The van der Waals surface area contributed by atoms with Crippen LogP contribution in [0.3, 0.4) is 0 Å². The predicted octanol–water partition coefficient (Wildman–Crippen LogP) is 5.80. The third-order valence-electron chi connectivity index (χ3n) is 6.15. The summed E-state index contributed by atoms with van der Waals surface area (Å²) in [6, 6.07) is 19.2. The van der Waals surface area contributed by atoms with Crippen LogP contribution in [0.4, 0.5) is 5.69 Å². The molecule has 144 valence electrons. The van der Waals surface area contributed by atoms with Gasteiger partial charge in [-0.1, -0.05) is 36.4 Å². The highest BCUT2D eigenvalue weighted by Crippen LogP contribution is 2.47. The molecule has 1 aliphatic heterocycles. The Bertz CT molecular complexity index is 1160. The molecule has 3 heteroatoms. The average Bonchev–Trinajstić information content (AvgIpc) is 3.18. The lowest BCUT2D eigenvalue weighted by Crippen LogP contribution is -2.30. The van der Waals surface area contributed by atoms with Gasteiger partial charge < -0.3 is 9.64 Å². The van der Waals surface area contributed by atoms with E-state index in [9.17, 15) is 6.63 Å². The number of piperidine rings is 1. The summed E-state index contributed by atoms with van der Waals surface area (Å²) < 4.78 is 14.6. The molecule has 0 N–H and O–H groups in total. The monoisotopic (exact) mass is 381 g/mol. The lowest BCUT2D eigenvalue weighted by atomic mass is 9.90. The standard InChI is InChI=1S/C26H24N2O/c1-29-20-11-9-18(10-12-20)22-16-25(28-13-5-2-6-14-28)24(17-27)23-15-19-7-3-4-8-21(19)26(22)23/h3-4,7-12,16H,2,5-6,13-15H2,1H3/i16D. The van der Waals surface area contributed by atoms with Crippen LogP contribution in [0.5, 0.6) is 5.75 Å². The van der Waals surface area contributed by atoms with E-state index in [2.05, 4.69) is 29.2 Å². The van der Waals surface area contributed by atoms with Crippen molar-refractivity contribution in [1.29, 1.82) is 5.26 Å². The Hall–Kier alpha value is -3.25. The summed E-state index contributed by atoms with van der Waals surface area (Å²) in [7, 11) is 1.66. The quantitative estimate of drug-likeness (QED) is 0.450. The summed E-state index contributed by atoms with van der Waals surface area (Å²) >= 11 is 0. The SMILES string of the molecule is [2H]c1c(-c2ccc(OC)cc2)c2c(c(C#N)c1N1CCCCC1)Cc1ccccc1-2. The second kappa shape index (κ2) is 7.29. The average molecular weight is 381 g/mol. The molecule has 1 aliphatic carbocycles. The van der Waals surface area contributed by atoms with Crippen LogP contribution in [0.15, 0.2) is 54.6 Å². The molecule has 0 amide bonds. The van der Waals surface area contributed by atoms with Gasteiger partial charge in [-0.25, -0.2) is 0 Å². The first kappa shape index (κ1) is 16.7. The number of anilines is 1. The fraction of sp³-hybridized carbons (Fsp3) is 0.269. The molecule has 3 aromatic carbocycles. The number of nitriles is 1. The maximum Gasteiger partial charge on any atom is 0.118 e. The highest BCUT2D eigenvalue weighted by Gasteiger charge is 2.29. The smallest absolute Gasteiger partial charge is 0.118 e. The van der Waals surface area contributed by atoms with E-state index >= 15 is 0 Å². The number of rotatable bonds is 3. The van der Waals surface area contributed by atoms with E-state index in [4.69, 9.17) is 4.74 Å². The van der Waals surface area contributed by atoms with Crippen LogP contribution in [-0.2, 0) is 6.42 Å². The van der Waals surface area contributed by atoms with Gasteiger partial charge in [-0.3, -0.25) is 0 Å². The maximum absolute atomic E-state index is 10.2. The van der Waals surface area contributed by atoms with Gasteiger partial charge in [0.05, 0.1) is 19.7 Å². The van der Waals surface area contributed by atoms with Crippen molar-refractivity contribution in [3.8, 4) is 34.1 Å². The van der Waals surface area contributed by atoms with Gasteiger partial charge in [0, 0.05) is 19.5 Å². The van der Waals surface area contributed by atoms with Gasteiger partial charge in [0.15, 0.2) is 0 Å². The van der Waals surface area contributed by atoms with Crippen LogP contribution in [0.2, 0.25) is 0 Å². The number of benzene rings is 3. The minimum absolute atomic E-state index is 0.467. The van der Waals surface area contributed by atoms with E-state index in [1.54, 1.807) is 7.11 Å². The first-order valence-corrected chi connectivity index (χ1v) is 10.3. The topological polar surface area (TPSA) is 36.3 Å². The minimum atomic E-state index is 0.467. The van der Waals surface area contributed by atoms with Crippen molar-refractivity contribution in [1.82, 2.24) is 0 Å². The molecule has 29 heavy (non-hydrogen) atoms. The van der Waals surface area contributed by atoms with E-state index in [1.165, 1.54) is 12.0 Å². The number of nitrogens with zero attached hydrogens (tertiary/aromatic N) is 2. The van der Waals surface area contributed by atoms with Crippen LogP contribution in [0, 0.1) is 11.3 Å². The lowest BCUT2D eigenvalue weighted by Gasteiger charge is -2.31. The zero-order valence-electron chi connectivity index (χ0n) is 17.7. The summed E-state index contributed by atoms with van der Waals surface area (Å²) in [5.41, 5.74) is 7.93. The number of ether oxygens (including phenoxy) is 1. The van der Waals surface area contributed by atoms with E-state index in [-0.39, 0.29) is 0 Å². The second-order valence-corrected chi connectivity index (χ2v) is 7.80. The molecule has 0 radical (unpaired) electrons. The van der Waals surface area contributed by atoms with Gasteiger partial charge >= 0.3 is 0 Å². The number of fused-ring (bicyclic) bond motifs is 3. The van der Waals surface area contributed by atoms with Crippen LogP contribution < -0.4 is 9.64 Å². The number of methoxy groups -OCH3 is 1. The molecule has 0 unspecified atom stereocenters. The summed E-state index contributed by atoms with van der Waals surface area (Å²) in [4.78, 5) is 2.26. The highest BCUT2D eigenvalue weighted by molar-refractivity contribution is 5.95. The second-order valence-electron chi connectivity index (χ2n) is 7.80. The van der Waals surface area contributed by atoms with Crippen LogP contribution >= 0.6 is 0 Å². The number of hydrogen-bond donors (Lipinski definition) is 0. The molecule has 0 aromatic heterocycles. The Kier molecular flexibility index (Phi) is 4.20. The molecule has 0 bridgehead atoms. The summed E-state index contributed by atoms with van der Waals surface area (Å²) in [6.07, 6.45) is 4.19. The van der Waals surface area contributed by atoms with E-state index < -0.39 is 0 Å². The van der Waals surface area contributed by atoms with E-state index in [0.29, 0.717) is 11.6 Å². The molecule has 1 heterocycles. The van der Waals surface area contributed by atoms with Crippen molar-refractivity contribution in [3.05, 3.63) is 71.3 Å². The van der Waals surface area contributed by atoms with Crippen molar-refractivity contribution in [3.63, 3.8) is 0 Å². The maximum atomic E-state index is 10.2. The molecule has 5 rings (SSSR count). The Labute approximate surface area is 173 Å². The first-order valence-electron chi connectivity index (χ1n) is 10.8. The third-order valence-corrected chi connectivity index (χ3v) is 6.15. The predicted molar refractivity (Wildman–Crippen MR) is 117 cm³/mol. The zero-order valence-corrected chi connectivity index (χ0v) is 16.7. The Morgan fingerprint density at radius 2 is 1.76 bits per heavy atom. The molecule has 1 saturated heterocycles. The van der Waals surface area contributed by atoms with Crippen molar-refractivity contribution >= 4 is 5.69 Å². The van der Waals surface area contributed by atoms with Gasteiger partial charge in [0.25, 0.3) is 0 Å². The van der Waals surface area contributed by atoms with E-state index in [1.807, 2.05) is 30.3 Å². The minimum Gasteiger partial charge on any atom is -0.497 e. The van der Waals surface area contributed by atoms with Gasteiger partial charge in [-0.05, 0) is 70.8 Å². The van der Waals surface area contributed by atoms with Gasteiger partial charge in [0.2, 0.25) is 0 Å². The largest absolute Gasteiger partial charge is 0.497 e. The van der Waals surface area contributed by atoms with Crippen molar-refractivity contribution in [2.24, 2.45) is 0 Å². The molecule has 3 nitrogen and oxygen atoms in total. The molecular formula is C26H24N2O. The van der Waals surface area contributed by atoms with Gasteiger partial charge in [0.1, 0.15) is 11.8 Å². The number of hydrogen-bond acceptors (Lipinski definition) is 3. The first-order chi connectivity index (χ1) is 14.7. The van der Waals surface area contributed by atoms with Crippen LogP contribution in [0.25, 0.3) is 22.3 Å². The zero-order chi connectivity index (χ0) is 20.7. The van der Waals surface area contributed by atoms with E-state index in [0.717, 1.165) is 71.6 Å². The van der Waals surface area contributed by atoms with Crippen LogP contribution in [0.1, 0.15) is 37.3 Å². The molecule has 1 fully saturated rings. The summed E-state index contributed by atoms with van der Waals surface area (Å²) in [5.74, 6) is 0.798. The normalized spacial score (nSPS) is 15.3. The molecule has 0 saturated carbocycles. The molecule has 3 aromatic rings. The van der Waals surface area contributed by atoms with Gasteiger partial charge in [-0.2, -0.15) is 5.26 Å². The fourth-order valence-corrected chi connectivity index (χ4v) is 4.69. The fourth-order valence-electron chi connectivity index (χ4n) is 4.69. The summed E-state index contributed by atoms with van der Waals surface area (Å²) in [6.45, 7) is 1.82. The van der Waals surface area contributed by atoms with Crippen molar-refractivity contribution in [2.45, 2.75) is 25.7 Å². The third kappa shape index (κ3) is 2.96. The molecule has 0 spiro atoms. The van der Waals surface area contributed by atoms with Gasteiger partial charge in [-0.15, -0.1) is 0 Å². The van der Waals surface area contributed by atoms with Crippen LogP contribution in [-0.4, -0.2) is 20.2 Å². The molecule has 2 aliphatic rings. The molecule has 0 atom stereocenters.